The number of nitrogens with one attached hydrogen (secondary N) is 1. The maximum atomic E-state index is 12.5. The highest BCUT2D eigenvalue weighted by Crippen LogP contribution is 2.33. The average molecular weight is 310 g/mol. The number of fused-ring (bicyclic) bond motifs is 1. The number of hydrogen-bond donors (Lipinski definition) is 1. The van der Waals surface area contributed by atoms with Crippen LogP contribution in [0.25, 0.3) is 0 Å². The Morgan fingerprint density at radius 1 is 1.22 bits per heavy atom. The van der Waals surface area contributed by atoms with E-state index in [1.54, 1.807) is 0 Å². The molecule has 2 aromatic rings. The van der Waals surface area contributed by atoms with Crippen LogP contribution in [0.4, 0.5) is 5.69 Å². The monoisotopic (exact) mass is 310 g/mol. The van der Waals surface area contributed by atoms with Crippen molar-refractivity contribution in [1.82, 2.24) is 14.7 Å². The van der Waals surface area contributed by atoms with Crippen LogP contribution in [0.15, 0.2) is 24.3 Å². The maximum absolute atomic E-state index is 12.5. The Morgan fingerprint density at radius 3 is 2.43 bits per heavy atom. The van der Waals surface area contributed by atoms with Crippen molar-refractivity contribution in [3.05, 3.63) is 46.8 Å². The number of nitrogens with zero attached hydrogens (tertiary/aromatic N) is 3. The summed E-state index contributed by atoms with van der Waals surface area (Å²) in [7, 11) is 1.90. The van der Waals surface area contributed by atoms with E-state index in [0.717, 1.165) is 36.5 Å². The first-order valence-electron chi connectivity index (χ1n) is 8.18. The lowest BCUT2D eigenvalue weighted by Gasteiger charge is -2.12. The molecular formula is C18H22N4O. The molecule has 1 amide bonds. The van der Waals surface area contributed by atoms with Gasteiger partial charge < -0.3 is 5.32 Å². The molecule has 1 aliphatic heterocycles. The van der Waals surface area contributed by atoms with Crippen LogP contribution in [0.5, 0.6) is 0 Å². The molecule has 4 rings (SSSR count). The smallest absolute Gasteiger partial charge is 0.243 e. The van der Waals surface area contributed by atoms with Crippen molar-refractivity contribution in [3.8, 4) is 0 Å². The molecule has 0 bridgehead atoms. The van der Waals surface area contributed by atoms with Gasteiger partial charge >= 0.3 is 0 Å². The van der Waals surface area contributed by atoms with E-state index >= 15 is 0 Å². The van der Waals surface area contributed by atoms with Gasteiger partial charge in [0.2, 0.25) is 5.91 Å². The molecular weight excluding hydrogens is 288 g/mol. The minimum Gasteiger partial charge on any atom is -0.322 e. The zero-order chi connectivity index (χ0) is 16.1. The molecule has 5 heteroatoms. The topological polar surface area (TPSA) is 49.9 Å². The Kier molecular flexibility index (Phi) is 3.27. The van der Waals surface area contributed by atoms with Gasteiger partial charge in [0.05, 0.1) is 17.1 Å². The highest BCUT2D eigenvalue weighted by Gasteiger charge is 2.46. The first kappa shape index (κ1) is 14.5. The van der Waals surface area contributed by atoms with Gasteiger partial charge in [-0.25, -0.2) is 0 Å². The van der Waals surface area contributed by atoms with Crippen LogP contribution in [-0.4, -0.2) is 39.2 Å². The van der Waals surface area contributed by atoms with Gasteiger partial charge in [0.25, 0.3) is 0 Å². The van der Waals surface area contributed by atoms with Crippen molar-refractivity contribution in [2.45, 2.75) is 38.8 Å². The second-order valence-electron chi connectivity index (χ2n) is 6.70. The quantitative estimate of drug-likeness (QED) is 0.880. The van der Waals surface area contributed by atoms with Gasteiger partial charge in [0.1, 0.15) is 6.04 Å². The first-order chi connectivity index (χ1) is 11.0. The zero-order valence-electron chi connectivity index (χ0n) is 13.8. The highest BCUT2D eigenvalue weighted by molar-refractivity contribution is 5.97. The van der Waals surface area contributed by atoms with E-state index < -0.39 is 0 Å². The van der Waals surface area contributed by atoms with Gasteiger partial charge in [-0.1, -0.05) is 24.3 Å². The van der Waals surface area contributed by atoms with Crippen LogP contribution in [0.3, 0.4) is 0 Å². The van der Waals surface area contributed by atoms with E-state index in [1.807, 2.05) is 25.6 Å². The fourth-order valence-corrected chi connectivity index (χ4v) is 3.72. The van der Waals surface area contributed by atoms with Gasteiger partial charge in [-0.05, 0) is 37.8 Å². The predicted octanol–water partition coefficient (Wildman–Crippen LogP) is 1.83. The number of hydrogen-bond acceptors (Lipinski definition) is 3. The SMILES string of the molecule is Cc1nn(C)c(C)c1NC(=O)C1CN1C1Cc2ccccc2C1. The average Bonchev–Trinajstić information content (AvgIpc) is 3.16. The lowest BCUT2D eigenvalue weighted by molar-refractivity contribution is -0.116. The third-order valence-electron chi connectivity index (χ3n) is 5.21. The summed E-state index contributed by atoms with van der Waals surface area (Å²) in [5.74, 6) is 0.0974. The van der Waals surface area contributed by atoms with Crippen LogP contribution in [0, 0.1) is 13.8 Å². The second-order valence-corrected chi connectivity index (χ2v) is 6.70. The molecule has 0 saturated carbocycles. The lowest BCUT2D eigenvalue weighted by atomic mass is 10.1. The maximum Gasteiger partial charge on any atom is 0.243 e. The van der Waals surface area contributed by atoms with Crippen molar-refractivity contribution in [2.24, 2.45) is 7.05 Å². The molecule has 2 unspecified atom stereocenters. The molecule has 2 atom stereocenters. The second kappa shape index (κ2) is 5.20. The third kappa shape index (κ3) is 2.45. The van der Waals surface area contributed by atoms with Crippen molar-refractivity contribution >= 4 is 11.6 Å². The number of carbonyl (C=O) groups is 1. The summed E-state index contributed by atoms with van der Waals surface area (Å²) in [6.07, 6.45) is 2.12. The van der Waals surface area contributed by atoms with E-state index in [0.29, 0.717) is 6.04 Å². The van der Waals surface area contributed by atoms with Crippen molar-refractivity contribution in [1.29, 1.82) is 0 Å². The van der Waals surface area contributed by atoms with Crippen molar-refractivity contribution < 1.29 is 4.79 Å². The molecule has 120 valence electrons. The van der Waals surface area contributed by atoms with Crippen LogP contribution in [0.2, 0.25) is 0 Å². The number of rotatable bonds is 3. The minimum atomic E-state index is 0.00770. The number of anilines is 1. The zero-order valence-corrected chi connectivity index (χ0v) is 13.8. The standard InChI is InChI=1S/C18H22N4O/c1-11-17(12(2)21(3)20-11)19-18(23)16-10-22(16)15-8-13-6-4-5-7-14(13)9-15/h4-7,15-16H,8-10H2,1-3H3,(H,19,23). The summed E-state index contributed by atoms with van der Waals surface area (Å²) in [5, 5.41) is 7.43. The molecule has 1 aromatic carbocycles. The molecule has 5 nitrogen and oxygen atoms in total. The predicted molar refractivity (Wildman–Crippen MR) is 89.4 cm³/mol. The number of benzene rings is 1. The Bertz CT molecular complexity index is 754. The molecule has 1 aliphatic carbocycles. The highest BCUT2D eigenvalue weighted by atomic mass is 16.2. The summed E-state index contributed by atoms with van der Waals surface area (Å²) < 4.78 is 1.81. The Morgan fingerprint density at radius 2 is 1.87 bits per heavy atom. The van der Waals surface area contributed by atoms with Gasteiger partial charge in [-0.3, -0.25) is 14.4 Å². The van der Waals surface area contributed by atoms with Crippen LogP contribution in [-0.2, 0) is 24.7 Å². The Labute approximate surface area is 136 Å². The van der Waals surface area contributed by atoms with Crippen molar-refractivity contribution in [3.63, 3.8) is 0 Å². The number of amides is 1. The molecule has 2 aliphatic rings. The Balaban J connectivity index is 1.41. The van der Waals surface area contributed by atoms with Crippen LogP contribution in [0.1, 0.15) is 22.5 Å². The van der Waals surface area contributed by atoms with Gasteiger partial charge in [0.15, 0.2) is 0 Å². The molecule has 23 heavy (non-hydrogen) atoms. The molecule has 1 saturated heterocycles. The van der Waals surface area contributed by atoms with E-state index in [-0.39, 0.29) is 11.9 Å². The molecule has 2 heterocycles. The van der Waals surface area contributed by atoms with Gasteiger partial charge in [0, 0.05) is 19.6 Å². The number of carbonyl (C=O) groups excluding carboxylic acids is 1. The molecule has 1 fully saturated rings. The van der Waals surface area contributed by atoms with E-state index in [2.05, 4.69) is 39.6 Å². The van der Waals surface area contributed by atoms with Gasteiger partial charge in [-0.2, -0.15) is 5.10 Å². The van der Waals surface area contributed by atoms with E-state index in [9.17, 15) is 4.79 Å². The molecule has 1 aromatic heterocycles. The van der Waals surface area contributed by atoms with E-state index in [1.165, 1.54) is 11.1 Å². The Hall–Kier alpha value is -2.14. The van der Waals surface area contributed by atoms with E-state index in [4.69, 9.17) is 0 Å². The largest absolute Gasteiger partial charge is 0.322 e. The van der Waals surface area contributed by atoms with Crippen LogP contribution < -0.4 is 5.32 Å². The fraction of sp³-hybridized carbons (Fsp3) is 0.444. The molecule has 1 N–H and O–H groups in total. The minimum absolute atomic E-state index is 0.00770. The number of aryl methyl sites for hydroxylation is 2. The summed E-state index contributed by atoms with van der Waals surface area (Å²) in [4.78, 5) is 14.9. The lowest BCUT2D eigenvalue weighted by Crippen LogP contribution is -2.28. The van der Waals surface area contributed by atoms with Gasteiger partial charge in [-0.15, -0.1) is 0 Å². The number of aromatic nitrogens is 2. The summed E-state index contributed by atoms with van der Waals surface area (Å²) in [5.41, 5.74) is 5.60. The first-order valence-corrected chi connectivity index (χ1v) is 8.18. The van der Waals surface area contributed by atoms with Crippen molar-refractivity contribution in [2.75, 3.05) is 11.9 Å². The summed E-state index contributed by atoms with van der Waals surface area (Å²) in [6, 6.07) is 9.09. The normalized spacial score (nSPS) is 22.9. The van der Waals surface area contributed by atoms with Crippen LogP contribution >= 0.6 is 0 Å². The third-order valence-corrected chi connectivity index (χ3v) is 5.21. The summed E-state index contributed by atoms with van der Waals surface area (Å²) >= 11 is 0. The summed E-state index contributed by atoms with van der Waals surface area (Å²) in [6.45, 7) is 4.78. The molecule has 0 radical (unpaired) electrons. The molecule has 0 spiro atoms. The fourth-order valence-electron chi connectivity index (χ4n) is 3.72.